The lowest BCUT2D eigenvalue weighted by molar-refractivity contribution is 0.461. The first kappa shape index (κ1) is 17.9. The summed E-state index contributed by atoms with van der Waals surface area (Å²) in [5.41, 5.74) is 9.52. The van der Waals surface area contributed by atoms with Crippen molar-refractivity contribution in [3.63, 3.8) is 0 Å². The molecule has 0 bridgehead atoms. The van der Waals surface area contributed by atoms with Crippen LogP contribution in [0.15, 0.2) is 76.1 Å². The third-order valence-corrected chi connectivity index (χ3v) is 4.73. The third-order valence-electron chi connectivity index (χ3n) is 4.73. The van der Waals surface area contributed by atoms with E-state index < -0.39 is 0 Å². The molecule has 0 aliphatic heterocycles. The molecule has 0 atom stereocenters. The molecule has 0 saturated carbocycles. The average molecular weight is 372 g/mol. The Morgan fingerprint density at radius 1 is 1.04 bits per heavy atom. The van der Waals surface area contributed by atoms with Crippen LogP contribution in [-0.2, 0) is 13.0 Å². The summed E-state index contributed by atoms with van der Waals surface area (Å²) in [6.07, 6.45) is 2.16. The number of nitrogens with zero attached hydrogens (tertiary/aromatic N) is 1. The molecular formula is C23H20N2O3. The van der Waals surface area contributed by atoms with E-state index in [1.54, 1.807) is 18.3 Å². The summed E-state index contributed by atoms with van der Waals surface area (Å²) in [4.78, 5) is 16.8. The van der Waals surface area contributed by atoms with Crippen molar-refractivity contribution in [3.05, 3.63) is 99.5 Å². The van der Waals surface area contributed by atoms with Crippen molar-refractivity contribution in [2.45, 2.75) is 19.9 Å². The van der Waals surface area contributed by atoms with Gasteiger partial charge >= 0.3 is 5.63 Å². The quantitative estimate of drug-likeness (QED) is 0.527. The molecule has 0 unspecified atom stereocenters. The van der Waals surface area contributed by atoms with Crippen molar-refractivity contribution in [1.29, 1.82) is 0 Å². The summed E-state index contributed by atoms with van der Waals surface area (Å²) in [5, 5.41) is 0.887. The monoisotopic (exact) mass is 372 g/mol. The number of pyridine rings is 1. The second kappa shape index (κ2) is 7.66. The Bertz CT molecular complexity index is 1180. The van der Waals surface area contributed by atoms with Gasteiger partial charge in [0.1, 0.15) is 11.3 Å². The first-order valence-corrected chi connectivity index (χ1v) is 9.07. The van der Waals surface area contributed by atoms with Crippen LogP contribution in [0.5, 0.6) is 11.6 Å². The molecule has 4 rings (SSSR count). The second-order valence-corrected chi connectivity index (χ2v) is 6.62. The van der Waals surface area contributed by atoms with E-state index in [1.165, 1.54) is 0 Å². The number of nitrogens with two attached hydrogens (primary N) is 1. The highest BCUT2D eigenvalue weighted by molar-refractivity contribution is 5.82. The zero-order valence-corrected chi connectivity index (χ0v) is 15.5. The predicted octanol–water partition coefficient (Wildman–Crippen LogP) is 4.34. The summed E-state index contributed by atoms with van der Waals surface area (Å²) in [7, 11) is 0. The van der Waals surface area contributed by atoms with Crippen LogP contribution >= 0.6 is 0 Å². The van der Waals surface area contributed by atoms with Crippen molar-refractivity contribution in [2.24, 2.45) is 5.73 Å². The number of aromatic nitrogens is 1. The van der Waals surface area contributed by atoms with E-state index >= 15 is 0 Å². The molecule has 0 radical (unpaired) electrons. The van der Waals surface area contributed by atoms with Crippen LogP contribution in [0.1, 0.15) is 22.3 Å². The van der Waals surface area contributed by atoms with Crippen LogP contribution in [0, 0.1) is 6.92 Å². The molecule has 28 heavy (non-hydrogen) atoms. The minimum absolute atomic E-state index is 0.335. The Labute approximate surface area is 162 Å². The van der Waals surface area contributed by atoms with Crippen LogP contribution in [0.2, 0.25) is 0 Å². The van der Waals surface area contributed by atoms with Gasteiger partial charge in [-0.1, -0.05) is 30.3 Å². The number of rotatable bonds is 5. The van der Waals surface area contributed by atoms with Crippen LogP contribution < -0.4 is 16.1 Å². The molecule has 0 saturated heterocycles. The predicted molar refractivity (Wildman–Crippen MR) is 109 cm³/mol. The number of aryl methyl sites for hydroxylation is 1. The van der Waals surface area contributed by atoms with E-state index in [0.29, 0.717) is 35.7 Å². The molecule has 4 aromatic rings. The van der Waals surface area contributed by atoms with Crippen LogP contribution in [0.3, 0.4) is 0 Å². The molecule has 0 spiro atoms. The average Bonchev–Trinajstić information content (AvgIpc) is 2.72. The Morgan fingerprint density at radius 2 is 1.89 bits per heavy atom. The molecule has 140 valence electrons. The maximum atomic E-state index is 12.6. The molecule has 5 heteroatoms. The first-order valence-electron chi connectivity index (χ1n) is 9.07. The van der Waals surface area contributed by atoms with Crippen molar-refractivity contribution in [1.82, 2.24) is 4.98 Å². The lowest BCUT2D eigenvalue weighted by Crippen LogP contribution is -2.11. The van der Waals surface area contributed by atoms with Gasteiger partial charge in [0.15, 0.2) is 0 Å². The minimum atomic E-state index is -0.335. The van der Waals surface area contributed by atoms with Crippen molar-refractivity contribution in [2.75, 3.05) is 0 Å². The smallest absolute Gasteiger partial charge is 0.340 e. The fraction of sp³-hybridized carbons (Fsp3) is 0.130. The first-order chi connectivity index (χ1) is 13.6. The van der Waals surface area contributed by atoms with Crippen molar-refractivity contribution >= 4 is 11.0 Å². The fourth-order valence-corrected chi connectivity index (χ4v) is 3.24. The van der Waals surface area contributed by atoms with Gasteiger partial charge in [-0.15, -0.1) is 0 Å². The molecule has 2 N–H and O–H groups in total. The lowest BCUT2D eigenvalue weighted by atomic mass is 9.98. The standard InChI is InChI=1S/C23H20N2O3/c1-15-19-9-8-18(27-22-7-2-3-10-25-22)13-21(19)28-23(26)20(15)12-16-5-4-6-17(11-16)14-24/h2-11,13H,12,14,24H2,1H3. The summed E-state index contributed by atoms with van der Waals surface area (Å²) in [6.45, 7) is 2.42. The van der Waals surface area contributed by atoms with Gasteiger partial charge in [-0.05, 0) is 41.8 Å². The minimum Gasteiger partial charge on any atom is -0.439 e. The van der Waals surface area contributed by atoms with E-state index in [9.17, 15) is 4.79 Å². The van der Waals surface area contributed by atoms with E-state index in [4.69, 9.17) is 14.9 Å². The maximum absolute atomic E-state index is 12.6. The molecule has 0 aliphatic rings. The maximum Gasteiger partial charge on any atom is 0.340 e. The Morgan fingerprint density at radius 3 is 2.68 bits per heavy atom. The van der Waals surface area contributed by atoms with Crippen LogP contribution in [0.25, 0.3) is 11.0 Å². The fourth-order valence-electron chi connectivity index (χ4n) is 3.24. The van der Waals surface area contributed by atoms with Gasteiger partial charge in [0.05, 0.1) is 0 Å². The van der Waals surface area contributed by atoms with E-state index in [-0.39, 0.29) is 5.63 Å². The van der Waals surface area contributed by atoms with Gasteiger partial charge in [0, 0.05) is 42.2 Å². The zero-order valence-electron chi connectivity index (χ0n) is 15.5. The van der Waals surface area contributed by atoms with Gasteiger partial charge in [-0.3, -0.25) is 0 Å². The highest BCUT2D eigenvalue weighted by Gasteiger charge is 2.13. The van der Waals surface area contributed by atoms with Gasteiger partial charge in [0.2, 0.25) is 5.88 Å². The van der Waals surface area contributed by atoms with Crippen LogP contribution in [-0.4, -0.2) is 4.98 Å². The molecule has 2 aromatic heterocycles. The molecule has 0 amide bonds. The summed E-state index contributed by atoms with van der Waals surface area (Å²) in [6, 6.07) is 18.9. The van der Waals surface area contributed by atoms with Gasteiger partial charge < -0.3 is 14.9 Å². The zero-order chi connectivity index (χ0) is 19.5. The molecule has 0 aliphatic carbocycles. The van der Waals surface area contributed by atoms with Crippen LogP contribution in [0.4, 0.5) is 0 Å². The Balaban J connectivity index is 1.70. The van der Waals surface area contributed by atoms with E-state index in [1.807, 2.05) is 55.5 Å². The lowest BCUT2D eigenvalue weighted by Gasteiger charge is -2.10. The normalized spacial score (nSPS) is 10.9. The van der Waals surface area contributed by atoms with Gasteiger partial charge in [0.25, 0.3) is 0 Å². The highest BCUT2D eigenvalue weighted by atomic mass is 16.5. The number of fused-ring (bicyclic) bond motifs is 1. The Hall–Kier alpha value is -3.44. The number of benzene rings is 2. The molecule has 2 heterocycles. The number of hydrogen-bond donors (Lipinski definition) is 1. The van der Waals surface area contributed by atoms with Crippen molar-refractivity contribution < 1.29 is 9.15 Å². The van der Waals surface area contributed by atoms with Gasteiger partial charge in [-0.25, -0.2) is 9.78 Å². The number of ether oxygens (including phenoxy) is 1. The topological polar surface area (TPSA) is 78.4 Å². The SMILES string of the molecule is Cc1c(Cc2cccc(CN)c2)c(=O)oc2cc(Oc3ccccn3)ccc12. The third kappa shape index (κ3) is 3.66. The Kier molecular flexibility index (Phi) is 4.91. The molecule has 0 fully saturated rings. The molecule has 2 aromatic carbocycles. The summed E-state index contributed by atoms with van der Waals surface area (Å²) < 4.78 is 11.3. The number of hydrogen-bond acceptors (Lipinski definition) is 5. The van der Waals surface area contributed by atoms with Gasteiger partial charge in [-0.2, -0.15) is 0 Å². The van der Waals surface area contributed by atoms with E-state index in [2.05, 4.69) is 4.98 Å². The largest absolute Gasteiger partial charge is 0.439 e. The highest BCUT2D eigenvalue weighted by Crippen LogP contribution is 2.27. The second-order valence-electron chi connectivity index (χ2n) is 6.62. The molecule has 5 nitrogen and oxygen atoms in total. The summed E-state index contributed by atoms with van der Waals surface area (Å²) >= 11 is 0. The molecular weight excluding hydrogens is 352 g/mol. The van der Waals surface area contributed by atoms with Crippen molar-refractivity contribution in [3.8, 4) is 11.6 Å². The summed E-state index contributed by atoms with van der Waals surface area (Å²) in [5.74, 6) is 1.05. The van der Waals surface area contributed by atoms with E-state index in [0.717, 1.165) is 22.1 Å².